The first kappa shape index (κ1) is 16.0. The van der Waals surface area contributed by atoms with Crippen molar-refractivity contribution in [3.05, 3.63) is 29.8 Å². The lowest BCUT2D eigenvalue weighted by molar-refractivity contribution is -0.147. The van der Waals surface area contributed by atoms with Crippen molar-refractivity contribution in [1.29, 1.82) is 0 Å². The van der Waals surface area contributed by atoms with E-state index in [-0.39, 0.29) is 12.5 Å². The Morgan fingerprint density at radius 3 is 2.60 bits per heavy atom. The zero-order valence-electron chi connectivity index (χ0n) is 12.0. The molecule has 5 heteroatoms. The molecule has 1 aromatic rings. The molecule has 0 aliphatic carbocycles. The van der Waals surface area contributed by atoms with Gasteiger partial charge in [0, 0.05) is 0 Å². The Bertz CT molecular complexity index is 453. The molecule has 0 saturated heterocycles. The predicted molar refractivity (Wildman–Crippen MR) is 73.7 cm³/mol. The number of benzene rings is 1. The van der Waals surface area contributed by atoms with Gasteiger partial charge in [-0.3, -0.25) is 0 Å². The van der Waals surface area contributed by atoms with Crippen molar-refractivity contribution in [3.63, 3.8) is 0 Å². The Hall–Kier alpha value is -2.04. The number of hydrogen-bond acceptors (Lipinski definition) is 5. The average Bonchev–Trinajstić information content (AvgIpc) is 2.43. The molecule has 0 amide bonds. The Morgan fingerprint density at radius 2 is 1.95 bits per heavy atom. The number of ether oxygens (including phenoxy) is 3. The predicted octanol–water partition coefficient (Wildman–Crippen LogP) is 2.44. The van der Waals surface area contributed by atoms with Gasteiger partial charge in [-0.2, -0.15) is 0 Å². The highest BCUT2D eigenvalue weighted by molar-refractivity contribution is 5.89. The molecule has 0 spiro atoms. The van der Waals surface area contributed by atoms with Gasteiger partial charge in [-0.05, 0) is 31.0 Å². The summed E-state index contributed by atoms with van der Waals surface area (Å²) in [6.07, 6.45) is 0. The minimum absolute atomic E-state index is 0.182. The van der Waals surface area contributed by atoms with E-state index in [9.17, 15) is 9.59 Å². The van der Waals surface area contributed by atoms with Gasteiger partial charge >= 0.3 is 11.9 Å². The second-order valence-corrected chi connectivity index (χ2v) is 4.61. The van der Waals surface area contributed by atoms with Crippen molar-refractivity contribution >= 4 is 11.9 Å². The third kappa shape index (κ3) is 5.73. The highest BCUT2D eigenvalue weighted by Gasteiger charge is 2.09. The topological polar surface area (TPSA) is 61.8 Å². The minimum Gasteiger partial charge on any atom is -0.482 e. The number of esters is 2. The maximum Gasteiger partial charge on any atom is 0.344 e. The van der Waals surface area contributed by atoms with Gasteiger partial charge < -0.3 is 14.2 Å². The van der Waals surface area contributed by atoms with Crippen molar-refractivity contribution in [2.75, 3.05) is 19.8 Å². The number of carbonyl (C=O) groups is 2. The molecule has 0 unspecified atom stereocenters. The van der Waals surface area contributed by atoms with Crippen LogP contribution in [0, 0.1) is 5.92 Å². The van der Waals surface area contributed by atoms with Crippen LogP contribution in [0.25, 0.3) is 0 Å². The molecule has 0 aliphatic heterocycles. The van der Waals surface area contributed by atoms with Crippen LogP contribution in [-0.2, 0) is 14.3 Å². The van der Waals surface area contributed by atoms with Crippen LogP contribution >= 0.6 is 0 Å². The number of hydrogen-bond donors (Lipinski definition) is 0. The zero-order chi connectivity index (χ0) is 15.0. The molecule has 1 rings (SSSR count). The van der Waals surface area contributed by atoms with E-state index in [2.05, 4.69) is 0 Å². The van der Waals surface area contributed by atoms with Crippen molar-refractivity contribution in [1.82, 2.24) is 0 Å². The highest BCUT2D eigenvalue weighted by Crippen LogP contribution is 2.14. The SMILES string of the molecule is CCOC(=O)c1cccc(OCC(=O)OCC(C)C)c1. The average molecular weight is 280 g/mol. The first-order chi connectivity index (χ1) is 9.52. The minimum atomic E-state index is -0.430. The van der Waals surface area contributed by atoms with Gasteiger partial charge in [-0.1, -0.05) is 19.9 Å². The molecule has 20 heavy (non-hydrogen) atoms. The molecular weight excluding hydrogens is 260 g/mol. The number of rotatable bonds is 7. The van der Waals surface area contributed by atoms with Gasteiger partial charge in [0.15, 0.2) is 6.61 Å². The fraction of sp³-hybridized carbons (Fsp3) is 0.467. The zero-order valence-corrected chi connectivity index (χ0v) is 12.0. The van der Waals surface area contributed by atoms with Crippen LogP contribution in [0.2, 0.25) is 0 Å². The van der Waals surface area contributed by atoms with Gasteiger partial charge in [-0.25, -0.2) is 9.59 Å². The van der Waals surface area contributed by atoms with Crippen LogP contribution in [0.3, 0.4) is 0 Å². The van der Waals surface area contributed by atoms with E-state index in [4.69, 9.17) is 14.2 Å². The van der Waals surface area contributed by atoms with E-state index in [1.165, 1.54) is 6.07 Å². The fourth-order valence-corrected chi connectivity index (χ4v) is 1.37. The van der Waals surface area contributed by atoms with Crippen LogP contribution in [0.15, 0.2) is 24.3 Å². The van der Waals surface area contributed by atoms with Crippen LogP contribution in [0.5, 0.6) is 5.75 Å². The number of carbonyl (C=O) groups excluding carboxylic acids is 2. The van der Waals surface area contributed by atoms with E-state index in [0.29, 0.717) is 24.5 Å². The van der Waals surface area contributed by atoms with Crippen molar-refractivity contribution in [2.24, 2.45) is 5.92 Å². The van der Waals surface area contributed by atoms with Gasteiger partial charge in [0.05, 0.1) is 18.8 Å². The van der Waals surface area contributed by atoms with E-state index in [1.807, 2.05) is 13.8 Å². The second kappa shape index (κ2) is 8.19. The molecule has 0 aliphatic rings. The first-order valence-corrected chi connectivity index (χ1v) is 6.58. The van der Waals surface area contributed by atoms with Crippen LogP contribution in [0.1, 0.15) is 31.1 Å². The lowest BCUT2D eigenvalue weighted by atomic mass is 10.2. The smallest absolute Gasteiger partial charge is 0.344 e. The molecule has 0 saturated carbocycles. The Balaban J connectivity index is 2.50. The summed E-state index contributed by atoms with van der Waals surface area (Å²) in [5.41, 5.74) is 0.389. The molecule has 1 aromatic carbocycles. The van der Waals surface area contributed by atoms with E-state index in [1.54, 1.807) is 25.1 Å². The lowest BCUT2D eigenvalue weighted by Crippen LogP contribution is -2.17. The van der Waals surface area contributed by atoms with Gasteiger partial charge in [0.2, 0.25) is 0 Å². The van der Waals surface area contributed by atoms with Crippen LogP contribution < -0.4 is 4.74 Å². The quantitative estimate of drug-likeness (QED) is 0.718. The summed E-state index contributed by atoms with van der Waals surface area (Å²) >= 11 is 0. The molecule has 0 fully saturated rings. The van der Waals surface area contributed by atoms with Crippen LogP contribution in [0.4, 0.5) is 0 Å². The molecule has 0 aromatic heterocycles. The lowest BCUT2D eigenvalue weighted by Gasteiger charge is -2.09. The van der Waals surface area contributed by atoms with Gasteiger partial charge in [-0.15, -0.1) is 0 Å². The molecule has 110 valence electrons. The summed E-state index contributed by atoms with van der Waals surface area (Å²) in [4.78, 5) is 22.9. The van der Waals surface area contributed by atoms with Gasteiger partial charge in [0.25, 0.3) is 0 Å². The van der Waals surface area contributed by atoms with E-state index < -0.39 is 11.9 Å². The van der Waals surface area contributed by atoms with Crippen molar-refractivity contribution in [3.8, 4) is 5.75 Å². The van der Waals surface area contributed by atoms with E-state index in [0.717, 1.165) is 0 Å². The van der Waals surface area contributed by atoms with Crippen molar-refractivity contribution in [2.45, 2.75) is 20.8 Å². The Kier molecular flexibility index (Phi) is 6.56. The standard InChI is InChI=1S/C15H20O5/c1-4-18-15(17)12-6-5-7-13(8-12)19-10-14(16)20-9-11(2)3/h5-8,11H,4,9-10H2,1-3H3. The largest absolute Gasteiger partial charge is 0.482 e. The fourth-order valence-electron chi connectivity index (χ4n) is 1.37. The van der Waals surface area contributed by atoms with Gasteiger partial charge in [0.1, 0.15) is 5.75 Å². The molecule has 0 heterocycles. The molecular formula is C15H20O5. The molecule has 0 bridgehead atoms. The normalized spacial score (nSPS) is 10.2. The third-order valence-electron chi connectivity index (χ3n) is 2.28. The molecule has 0 radical (unpaired) electrons. The summed E-state index contributed by atoms with van der Waals surface area (Å²) in [5.74, 6) is -0.135. The summed E-state index contributed by atoms with van der Waals surface area (Å²) in [6.45, 7) is 6.15. The molecule has 0 N–H and O–H groups in total. The second-order valence-electron chi connectivity index (χ2n) is 4.61. The van der Waals surface area contributed by atoms with Crippen LogP contribution in [-0.4, -0.2) is 31.8 Å². The summed E-state index contributed by atoms with van der Waals surface area (Å²) < 4.78 is 15.2. The summed E-state index contributed by atoms with van der Waals surface area (Å²) in [5, 5.41) is 0. The first-order valence-electron chi connectivity index (χ1n) is 6.58. The monoisotopic (exact) mass is 280 g/mol. The molecule has 0 atom stereocenters. The van der Waals surface area contributed by atoms with E-state index >= 15 is 0 Å². The maximum absolute atomic E-state index is 11.5. The highest BCUT2D eigenvalue weighted by atomic mass is 16.6. The maximum atomic E-state index is 11.5. The third-order valence-corrected chi connectivity index (χ3v) is 2.28. The summed E-state index contributed by atoms with van der Waals surface area (Å²) in [6, 6.07) is 6.50. The Morgan fingerprint density at radius 1 is 1.20 bits per heavy atom. The molecule has 5 nitrogen and oxygen atoms in total. The van der Waals surface area contributed by atoms with Crippen molar-refractivity contribution < 1.29 is 23.8 Å². The Labute approximate surface area is 118 Å². The summed E-state index contributed by atoms with van der Waals surface area (Å²) in [7, 11) is 0.